The van der Waals surface area contributed by atoms with Crippen molar-refractivity contribution < 1.29 is 4.79 Å². The zero-order chi connectivity index (χ0) is 12.3. The summed E-state index contributed by atoms with van der Waals surface area (Å²) in [5.74, 6) is -0.120. The van der Waals surface area contributed by atoms with Crippen molar-refractivity contribution in [3.63, 3.8) is 0 Å². The molecule has 88 valence electrons. The first-order valence-electron chi connectivity index (χ1n) is 4.84. The second-order valence-electron chi connectivity index (χ2n) is 3.79. The topological polar surface area (TPSA) is 77.1 Å². The SMILES string of the molecule is CC(C)NC(=O)Cn1cc(N)c(=O)c(Br)c1. The fourth-order valence-corrected chi connectivity index (χ4v) is 1.73. The Morgan fingerprint density at radius 3 is 2.69 bits per heavy atom. The largest absolute Gasteiger partial charge is 0.394 e. The summed E-state index contributed by atoms with van der Waals surface area (Å²) in [5, 5.41) is 2.75. The second kappa shape index (κ2) is 5.16. The lowest BCUT2D eigenvalue weighted by molar-refractivity contribution is -0.122. The molecule has 0 saturated heterocycles. The third-order valence-electron chi connectivity index (χ3n) is 1.84. The van der Waals surface area contributed by atoms with Gasteiger partial charge >= 0.3 is 0 Å². The van der Waals surface area contributed by atoms with E-state index in [1.54, 1.807) is 10.8 Å². The van der Waals surface area contributed by atoms with Crippen molar-refractivity contribution in [1.29, 1.82) is 0 Å². The van der Waals surface area contributed by atoms with Gasteiger partial charge in [-0.15, -0.1) is 0 Å². The Balaban J connectivity index is 2.83. The highest BCUT2D eigenvalue weighted by Gasteiger charge is 2.06. The third kappa shape index (κ3) is 3.37. The molecule has 0 aliphatic rings. The monoisotopic (exact) mass is 287 g/mol. The Morgan fingerprint density at radius 1 is 1.56 bits per heavy atom. The maximum Gasteiger partial charge on any atom is 0.240 e. The van der Waals surface area contributed by atoms with Crippen molar-refractivity contribution in [1.82, 2.24) is 9.88 Å². The molecule has 0 spiro atoms. The van der Waals surface area contributed by atoms with Gasteiger partial charge in [0.1, 0.15) is 6.54 Å². The van der Waals surface area contributed by atoms with E-state index in [9.17, 15) is 9.59 Å². The van der Waals surface area contributed by atoms with E-state index in [2.05, 4.69) is 21.2 Å². The number of nitrogens with one attached hydrogen (secondary N) is 1. The fraction of sp³-hybridized carbons (Fsp3) is 0.400. The van der Waals surface area contributed by atoms with Crippen molar-refractivity contribution in [2.75, 3.05) is 5.73 Å². The van der Waals surface area contributed by atoms with Gasteiger partial charge in [-0.05, 0) is 29.8 Å². The summed E-state index contributed by atoms with van der Waals surface area (Å²) in [6, 6.07) is 0.0904. The van der Waals surface area contributed by atoms with E-state index in [4.69, 9.17) is 5.73 Å². The molecule has 5 nitrogen and oxygen atoms in total. The van der Waals surface area contributed by atoms with Gasteiger partial charge in [0.25, 0.3) is 0 Å². The quantitative estimate of drug-likeness (QED) is 0.860. The number of hydrogen-bond acceptors (Lipinski definition) is 3. The fourth-order valence-electron chi connectivity index (χ4n) is 1.24. The van der Waals surface area contributed by atoms with Gasteiger partial charge in [-0.1, -0.05) is 0 Å². The van der Waals surface area contributed by atoms with Crippen LogP contribution in [0.3, 0.4) is 0 Å². The zero-order valence-corrected chi connectivity index (χ0v) is 10.7. The predicted octanol–water partition coefficient (Wildman–Crippen LogP) is 0.718. The molecule has 0 radical (unpaired) electrons. The molecule has 0 bridgehead atoms. The molecule has 0 atom stereocenters. The molecule has 1 aromatic heterocycles. The van der Waals surface area contributed by atoms with Gasteiger partial charge in [-0.3, -0.25) is 9.59 Å². The summed E-state index contributed by atoms with van der Waals surface area (Å²) in [5.41, 5.74) is 5.36. The summed E-state index contributed by atoms with van der Waals surface area (Å²) >= 11 is 3.09. The van der Waals surface area contributed by atoms with E-state index >= 15 is 0 Å². The highest BCUT2D eigenvalue weighted by atomic mass is 79.9. The van der Waals surface area contributed by atoms with Crippen molar-refractivity contribution in [3.8, 4) is 0 Å². The number of halogens is 1. The summed E-state index contributed by atoms with van der Waals surface area (Å²) < 4.78 is 1.92. The van der Waals surface area contributed by atoms with Gasteiger partial charge < -0.3 is 15.6 Å². The molecular formula is C10H14BrN3O2. The number of carbonyl (C=O) groups excluding carboxylic acids is 1. The lowest BCUT2D eigenvalue weighted by atomic mass is 10.3. The number of rotatable bonds is 3. The summed E-state index contributed by atoms with van der Waals surface area (Å²) in [6.45, 7) is 3.91. The Hall–Kier alpha value is -1.30. The normalized spacial score (nSPS) is 10.5. The average Bonchev–Trinajstić information content (AvgIpc) is 2.12. The molecular weight excluding hydrogens is 274 g/mol. The summed E-state index contributed by atoms with van der Waals surface area (Å²) in [6.07, 6.45) is 2.99. The number of pyridine rings is 1. The molecule has 1 amide bonds. The van der Waals surface area contributed by atoms with Crippen molar-refractivity contribution in [3.05, 3.63) is 27.1 Å². The van der Waals surface area contributed by atoms with Gasteiger partial charge in [0.05, 0.1) is 10.2 Å². The smallest absolute Gasteiger partial charge is 0.240 e. The number of nitrogen functional groups attached to an aromatic ring is 1. The maximum absolute atomic E-state index is 11.5. The standard InChI is InChI=1S/C10H14BrN3O2/c1-6(2)13-9(15)5-14-3-7(11)10(16)8(12)4-14/h3-4,6H,5,12H2,1-2H3,(H,13,15). The van der Waals surface area contributed by atoms with Crippen LogP contribution in [0.25, 0.3) is 0 Å². The van der Waals surface area contributed by atoms with Crippen LogP contribution in [0.15, 0.2) is 21.7 Å². The van der Waals surface area contributed by atoms with Gasteiger partial charge in [0.2, 0.25) is 11.3 Å². The Morgan fingerprint density at radius 2 is 2.19 bits per heavy atom. The minimum Gasteiger partial charge on any atom is -0.394 e. The number of aromatic nitrogens is 1. The Labute approximate surface area is 102 Å². The van der Waals surface area contributed by atoms with Crippen LogP contribution in [-0.4, -0.2) is 16.5 Å². The van der Waals surface area contributed by atoms with Gasteiger partial charge in [0, 0.05) is 18.4 Å². The first-order valence-corrected chi connectivity index (χ1v) is 5.64. The number of carbonyl (C=O) groups is 1. The van der Waals surface area contributed by atoms with Crippen LogP contribution in [0.2, 0.25) is 0 Å². The lowest BCUT2D eigenvalue weighted by Gasteiger charge is -2.11. The number of amides is 1. The van der Waals surface area contributed by atoms with Crippen LogP contribution in [0.1, 0.15) is 13.8 Å². The molecule has 0 saturated carbocycles. The van der Waals surface area contributed by atoms with Crippen LogP contribution in [0.4, 0.5) is 5.69 Å². The van der Waals surface area contributed by atoms with Crippen molar-refractivity contribution in [2.45, 2.75) is 26.4 Å². The molecule has 1 aromatic rings. The van der Waals surface area contributed by atoms with Gasteiger partial charge in [-0.25, -0.2) is 0 Å². The zero-order valence-electron chi connectivity index (χ0n) is 9.16. The van der Waals surface area contributed by atoms with Gasteiger partial charge in [0.15, 0.2) is 0 Å². The Kier molecular flexibility index (Phi) is 4.12. The number of nitrogens with two attached hydrogens (primary N) is 1. The van der Waals surface area contributed by atoms with Gasteiger partial charge in [-0.2, -0.15) is 0 Å². The predicted molar refractivity (Wildman–Crippen MR) is 66.1 cm³/mol. The maximum atomic E-state index is 11.5. The van der Waals surface area contributed by atoms with E-state index in [-0.39, 0.29) is 29.6 Å². The van der Waals surface area contributed by atoms with Crippen LogP contribution in [0.5, 0.6) is 0 Å². The second-order valence-corrected chi connectivity index (χ2v) is 4.64. The van der Waals surface area contributed by atoms with Crippen LogP contribution >= 0.6 is 15.9 Å². The molecule has 0 fully saturated rings. The number of hydrogen-bond donors (Lipinski definition) is 2. The molecule has 0 unspecified atom stereocenters. The molecule has 16 heavy (non-hydrogen) atoms. The van der Waals surface area contributed by atoms with Crippen LogP contribution in [0, 0.1) is 0 Å². The van der Waals surface area contributed by atoms with Crippen LogP contribution < -0.4 is 16.5 Å². The van der Waals surface area contributed by atoms with E-state index in [1.165, 1.54) is 6.20 Å². The third-order valence-corrected chi connectivity index (χ3v) is 2.40. The van der Waals surface area contributed by atoms with E-state index in [1.807, 2.05) is 13.8 Å². The van der Waals surface area contributed by atoms with Crippen LogP contribution in [-0.2, 0) is 11.3 Å². The number of nitrogens with zero attached hydrogens (tertiary/aromatic N) is 1. The first-order chi connectivity index (χ1) is 7.40. The molecule has 6 heteroatoms. The molecule has 0 aliphatic carbocycles. The molecule has 0 aromatic carbocycles. The molecule has 1 heterocycles. The van der Waals surface area contributed by atoms with Crippen molar-refractivity contribution in [2.24, 2.45) is 0 Å². The number of anilines is 1. The average molecular weight is 288 g/mol. The van der Waals surface area contributed by atoms with E-state index in [0.717, 1.165) is 0 Å². The summed E-state index contributed by atoms with van der Waals surface area (Å²) in [7, 11) is 0. The highest BCUT2D eigenvalue weighted by Crippen LogP contribution is 2.05. The minimum atomic E-state index is -0.263. The van der Waals surface area contributed by atoms with E-state index < -0.39 is 0 Å². The molecule has 1 rings (SSSR count). The van der Waals surface area contributed by atoms with Crippen molar-refractivity contribution >= 4 is 27.5 Å². The Bertz CT molecular complexity index is 428. The molecule has 0 aliphatic heterocycles. The van der Waals surface area contributed by atoms with E-state index in [0.29, 0.717) is 4.47 Å². The minimum absolute atomic E-state index is 0.0904. The summed E-state index contributed by atoms with van der Waals surface area (Å²) in [4.78, 5) is 22.8. The lowest BCUT2D eigenvalue weighted by Crippen LogP contribution is -2.33. The first kappa shape index (κ1) is 12.8. The molecule has 3 N–H and O–H groups in total. The highest BCUT2D eigenvalue weighted by molar-refractivity contribution is 9.10.